The van der Waals surface area contributed by atoms with E-state index in [-0.39, 0.29) is 5.84 Å². The molecule has 0 bridgehead atoms. The Kier molecular flexibility index (Phi) is 5.55. The first-order chi connectivity index (χ1) is 8.72. The van der Waals surface area contributed by atoms with Crippen molar-refractivity contribution in [1.29, 1.82) is 0 Å². The summed E-state index contributed by atoms with van der Waals surface area (Å²) >= 11 is 0. The molecule has 5 nitrogen and oxygen atoms in total. The Hall–Kier alpha value is -2.19. The molecule has 5 heteroatoms. The van der Waals surface area contributed by atoms with E-state index in [2.05, 4.69) is 22.3 Å². The third kappa shape index (κ3) is 3.68. The van der Waals surface area contributed by atoms with Crippen molar-refractivity contribution in [1.82, 2.24) is 5.32 Å². The van der Waals surface area contributed by atoms with Gasteiger partial charge in [-0.1, -0.05) is 17.1 Å². The van der Waals surface area contributed by atoms with Crippen molar-refractivity contribution >= 4 is 5.84 Å². The Bertz CT molecular complexity index is 487. The van der Waals surface area contributed by atoms with Gasteiger partial charge in [-0.15, -0.1) is 5.92 Å². The lowest BCUT2D eigenvalue weighted by atomic mass is 10.1. The molecule has 1 aromatic carbocycles. The van der Waals surface area contributed by atoms with Crippen LogP contribution in [0.25, 0.3) is 0 Å². The molecule has 0 unspecified atom stereocenters. The molecule has 0 fully saturated rings. The molecule has 0 saturated heterocycles. The quantitative estimate of drug-likeness (QED) is 0.180. The van der Waals surface area contributed by atoms with E-state index in [0.717, 1.165) is 5.56 Å². The van der Waals surface area contributed by atoms with Gasteiger partial charge in [-0.25, -0.2) is 0 Å². The van der Waals surface area contributed by atoms with Crippen molar-refractivity contribution in [2.75, 3.05) is 13.7 Å². The molecule has 0 aliphatic carbocycles. The predicted molar refractivity (Wildman–Crippen MR) is 70.7 cm³/mol. The third-order valence-corrected chi connectivity index (χ3v) is 2.37. The van der Waals surface area contributed by atoms with Crippen LogP contribution in [-0.2, 0) is 6.54 Å². The molecular weight excluding hydrogens is 230 g/mol. The van der Waals surface area contributed by atoms with E-state index in [1.54, 1.807) is 20.1 Å². The molecule has 0 heterocycles. The minimum Gasteiger partial charge on any atom is -0.496 e. The number of amidine groups is 1. The van der Waals surface area contributed by atoms with Crippen LogP contribution in [0, 0.1) is 11.8 Å². The number of ether oxygens (including phenoxy) is 1. The fraction of sp³-hybridized carbons (Fsp3) is 0.308. The van der Waals surface area contributed by atoms with Crippen molar-refractivity contribution in [3.8, 4) is 17.6 Å². The van der Waals surface area contributed by atoms with Gasteiger partial charge in [-0.3, -0.25) is 0 Å². The maximum atomic E-state index is 8.66. The van der Waals surface area contributed by atoms with Crippen LogP contribution in [0.5, 0.6) is 5.75 Å². The Morgan fingerprint density at radius 2 is 2.33 bits per heavy atom. The van der Waals surface area contributed by atoms with Crippen molar-refractivity contribution in [3.63, 3.8) is 0 Å². The van der Waals surface area contributed by atoms with Crippen LogP contribution in [0.2, 0.25) is 0 Å². The number of benzene rings is 1. The van der Waals surface area contributed by atoms with Gasteiger partial charge < -0.3 is 21.0 Å². The molecule has 0 atom stereocenters. The van der Waals surface area contributed by atoms with Crippen molar-refractivity contribution in [2.24, 2.45) is 10.9 Å². The molecular formula is C13H17N3O2. The maximum Gasteiger partial charge on any atom is 0.173 e. The number of hydrogen-bond acceptors (Lipinski definition) is 4. The Morgan fingerprint density at radius 1 is 1.56 bits per heavy atom. The molecule has 0 spiro atoms. The maximum absolute atomic E-state index is 8.66. The molecule has 0 amide bonds. The zero-order valence-electron chi connectivity index (χ0n) is 10.5. The van der Waals surface area contributed by atoms with Crippen LogP contribution in [-0.4, -0.2) is 24.7 Å². The second-order valence-electron chi connectivity index (χ2n) is 3.55. The molecule has 1 rings (SSSR count). The van der Waals surface area contributed by atoms with Crippen LogP contribution in [0.15, 0.2) is 23.4 Å². The number of nitrogens with two attached hydrogens (primary N) is 1. The summed E-state index contributed by atoms with van der Waals surface area (Å²) in [5.74, 6) is 6.34. The lowest BCUT2D eigenvalue weighted by molar-refractivity contribution is 0.318. The minimum atomic E-state index is 0.0307. The van der Waals surface area contributed by atoms with Gasteiger partial charge in [0.05, 0.1) is 19.2 Å². The predicted octanol–water partition coefficient (Wildman–Crippen LogP) is 0.903. The van der Waals surface area contributed by atoms with Crippen LogP contribution in [0.1, 0.15) is 18.1 Å². The second kappa shape index (κ2) is 7.20. The highest BCUT2D eigenvalue weighted by Crippen LogP contribution is 2.19. The summed E-state index contributed by atoms with van der Waals surface area (Å²) < 4.78 is 5.21. The molecule has 0 radical (unpaired) electrons. The zero-order chi connectivity index (χ0) is 13.4. The van der Waals surface area contributed by atoms with Gasteiger partial charge in [-0.2, -0.15) is 0 Å². The average Bonchev–Trinajstić information content (AvgIpc) is 2.42. The number of nitrogens with zero attached hydrogens (tertiary/aromatic N) is 1. The van der Waals surface area contributed by atoms with Crippen molar-refractivity contribution in [3.05, 3.63) is 29.3 Å². The van der Waals surface area contributed by atoms with Crippen LogP contribution in [0.4, 0.5) is 0 Å². The standard InChI is InChI=1S/C13H17N3O2/c1-3-4-7-15-9-10-5-6-11(13(14)16-17)12(8-10)18-2/h5-6,8,15,17H,7,9H2,1-2H3,(H2,14,16). The van der Waals surface area contributed by atoms with E-state index in [4.69, 9.17) is 15.7 Å². The summed E-state index contributed by atoms with van der Waals surface area (Å²) in [5, 5.41) is 14.8. The van der Waals surface area contributed by atoms with Gasteiger partial charge >= 0.3 is 0 Å². The molecule has 0 aliphatic rings. The largest absolute Gasteiger partial charge is 0.496 e. The summed E-state index contributed by atoms with van der Waals surface area (Å²) in [7, 11) is 1.54. The molecule has 18 heavy (non-hydrogen) atoms. The van der Waals surface area contributed by atoms with Gasteiger partial charge in [0.1, 0.15) is 5.75 Å². The van der Waals surface area contributed by atoms with E-state index in [9.17, 15) is 0 Å². The van der Waals surface area contributed by atoms with Crippen molar-refractivity contribution in [2.45, 2.75) is 13.5 Å². The first-order valence-corrected chi connectivity index (χ1v) is 5.48. The summed E-state index contributed by atoms with van der Waals surface area (Å²) in [6.07, 6.45) is 0. The molecule has 0 aliphatic heterocycles. The topological polar surface area (TPSA) is 79.9 Å². The first kappa shape index (κ1) is 13.9. The van der Waals surface area contributed by atoms with E-state index in [1.165, 1.54) is 0 Å². The number of hydrogen-bond donors (Lipinski definition) is 3. The molecule has 1 aromatic rings. The average molecular weight is 247 g/mol. The highest BCUT2D eigenvalue weighted by Gasteiger charge is 2.08. The van der Waals surface area contributed by atoms with E-state index < -0.39 is 0 Å². The Balaban J connectivity index is 2.81. The third-order valence-electron chi connectivity index (χ3n) is 2.37. The van der Waals surface area contributed by atoms with Crippen LogP contribution in [0.3, 0.4) is 0 Å². The van der Waals surface area contributed by atoms with Gasteiger partial charge in [0.2, 0.25) is 0 Å². The van der Waals surface area contributed by atoms with Crippen LogP contribution < -0.4 is 15.8 Å². The van der Waals surface area contributed by atoms with Gasteiger partial charge in [-0.05, 0) is 24.6 Å². The molecule has 0 saturated carbocycles. The lowest BCUT2D eigenvalue weighted by Gasteiger charge is -2.09. The van der Waals surface area contributed by atoms with E-state index >= 15 is 0 Å². The van der Waals surface area contributed by atoms with E-state index in [0.29, 0.717) is 24.4 Å². The van der Waals surface area contributed by atoms with Crippen molar-refractivity contribution < 1.29 is 9.94 Å². The molecule has 0 aromatic heterocycles. The lowest BCUT2D eigenvalue weighted by Crippen LogP contribution is -2.16. The monoisotopic (exact) mass is 247 g/mol. The summed E-state index contributed by atoms with van der Waals surface area (Å²) in [6, 6.07) is 5.50. The minimum absolute atomic E-state index is 0.0307. The normalized spacial score (nSPS) is 10.7. The molecule has 96 valence electrons. The number of methoxy groups -OCH3 is 1. The number of nitrogens with one attached hydrogen (secondary N) is 1. The highest BCUT2D eigenvalue weighted by molar-refractivity contribution is 5.99. The van der Waals surface area contributed by atoms with Gasteiger partial charge in [0, 0.05) is 6.54 Å². The highest BCUT2D eigenvalue weighted by atomic mass is 16.5. The zero-order valence-corrected chi connectivity index (χ0v) is 10.5. The fourth-order valence-electron chi connectivity index (χ4n) is 1.47. The Morgan fingerprint density at radius 3 is 2.94 bits per heavy atom. The van der Waals surface area contributed by atoms with Gasteiger partial charge in [0.15, 0.2) is 5.84 Å². The number of oxime groups is 1. The second-order valence-corrected chi connectivity index (χ2v) is 3.55. The van der Waals surface area contributed by atoms with Crippen LogP contribution >= 0.6 is 0 Å². The molecule has 4 N–H and O–H groups in total. The van der Waals surface area contributed by atoms with Gasteiger partial charge in [0.25, 0.3) is 0 Å². The fourth-order valence-corrected chi connectivity index (χ4v) is 1.47. The summed E-state index contributed by atoms with van der Waals surface area (Å²) in [5.41, 5.74) is 7.15. The number of rotatable bonds is 5. The first-order valence-electron chi connectivity index (χ1n) is 5.48. The summed E-state index contributed by atoms with van der Waals surface area (Å²) in [4.78, 5) is 0. The smallest absolute Gasteiger partial charge is 0.173 e. The summed E-state index contributed by atoms with van der Waals surface area (Å²) in [6.45, 7) is 3.12. The Labute approximate surface area is 107 Å². The SMILES string of the molecule is CC#CCNCc1ccc(/C(N)=N/O)c(OC)c1. The van der Waals surface area contributed by atoms with E-state index in [1.807, 2.05) is 12.1 Å².